The molecule has 0 spiro atoms. The van der Waals surface area contributed by atoms with Crippen molar-refractivity contribution in [1.82, 2.24) is 4.98 Å². The van der Waals surface area contributed by atoms with Crippen molar-refractivity contribution in [3.63, 3.8) is 0 Å². The summed E-state index contributed by atoms with van der Waals surface area (Å²) in [5, 5.41) is 0. The van der Waals surface area contributed by atoms with E-state index >= 15 is 0 Å². The van der Waals surface area contributed by atoms with Crippen LogP contribution in [0.3, 0.4) is 0 Å². The molecule has 0 amide bonds. The Hall–Kier alpha value is -2.72. The molecule has 3 nitrogen and oxygen atoms in total. The number of nitrogens with zero attached hydrogens (tertiary/aromatic N) is 1. The number of hydrogen-bond donors (Lipinski definition) is 0. The molecule has 1 aromatic heterocycles. The number of aromatic nitrogens is 1. The number of halogens is 1. The zero-order chi connectivity index (χ0) is 24.5. The van der Waals surface area contributed by atoms with E-state index in [2.05, 4.69) is 43.1 Å². The molecule has 186 valence electrons. The summed E-state index contributed by atoms with van der Waals surface area (Å²) in [5.74, 6) is 0.530. The van der Waals surface area contributed by atoms with Gasteiger partial charge in [-0.3, -0.25) is 0 Å². The number of ether oxygens (including phenoxy) is 2. The zero-order valence-corrected chi connectivity index (χ0v) is 21.1. The second-order valence-electron chi connectivity index (χ2n) is 9.94. The van der Waals surface area contributed by atoms with Crippen molar-refractivity contribution >= 4 is 0 Å². The van der Waals surface area contributed by atoms with E-state index in [1.807, 2.05) is 30.3 Å². The zero-order valence-electron chi connectivity index (χ0n) is 21.1. The van der Waals surface area contributed by atoms with Crippen LogP contribution in [0.25, 0.3) is 22.4 Å². The number of aryl methyl sites for hydroxylation is 1. The van der Waals surface area contributed by atoms with Gasteiger partial charge in [-0.05, 0) is 81.0 Å². The normalized spacial score (nSPS) is 17.9. The highest BCUT2D eigenvalue weighted by molar-refractivity contribution is 5.69. The molecule has 1 fully saturated rings. The fraction of sp³-hybridized carbons (Fsp3) is 0.452. The molecule has 3 aromatic rings. The number of rotatable bonds is 11. The van der Waals surface area contributed by atoms with Gasteiger partial charge in [0.1, 0.15) is 0 Å². The standard InChI is InChI=1S/C31H38FNO2/c1-23-7-11-25(12-8-23)26-13-15-27(16-14-26)29-19-20-30(31(32)33-29)35-22-6-4-3-5-21-34-28-17-9-24(2)10-18-28/h7-8,11-16,19-20,24,28H,3-6,9-10,17-18,21-22H2,1-2H3. The fourth-order valence-electron chi connectivity index (χ4n) is 4.66. The van der Waals surface area contributed by atoms with Gasteiger partial charge in [0.05, 0.1) is 18.4 Å². The molecule has 0 aliphatic heterocycles. The summed E-state index contributed by atoms with van der Waals surface area (Å²) in [7, 11) is 0. The van der Waals surface area contributed by atoms with Crippen LogP contribution in [-0.2, 0) is 4.74 Å². The Morgan fingerprint density at radius 2 is 1.34 bits per heavy atom. The quantitative estimate of drug-likeness (QED) is 0.206. The van der Waals surface area contributed by atoms with Crippen LogP contribution in [0, 0.1) is 18.8 Å². The average Bonchev–Trinajstić information content (AvgIpc) is 2.88. The Morgan fingerprint density at radius 3 is 2.00 bits per heavy atom. The maximum absolute atomic E-state index is 14.5. The van der Waals surface area contributed by atoms with Crippen molar-refractivity contribution < 1.29 is 13.9 Å². The van der Waals surface area contributed by atoms with Gasteiger partial charge in [0.2, 0.25) is 0 Å². The first kappa shape index (κ1) is 25.4. The fourth-order valence-corrected chi connectivity index (χ4v) is 4.66. The summed E-state index contributed by atoms with van der Waals surface area (Å²) < 4.78 is 26.2. The molecule has 1 heterocycles. The smallest absolute Gasteiger partial charge is 0.255 e. The molecule has 0 unspecified atom stereocenters. The van der Waals surface area contributed by atoms with E-state index in [4.69, 9.17) is 9.47 Å². The van der Waals surface area contributed by atoms with Gasteiger partial charge in [-0.25, -0.2) is 4.98 Å². The molecular formula is C31H38FNO2. The van der Waals surface area contributed by atoms with Crippen LogP contribution in [0.2, 0.25) is 0 Å². The van der Waals surface area contributed by atoms with Gasteiger partial charge in [-0.1, -0.05) is 67.4 Å². The van der Waals surface area contributed by atoms with E-state index in [1.165, 1.54) is 31.2 Å². The number of pyridine rings is 1. The molecule has 0 radical (unpaired) electrons. The second-order valence-corrected chi connectivity index (χ2v) is 9.94. The lowest BCUT2D eigenvalue weighted by atomic mass is 9.89. The largest absolute Gasteiger partial charge is 0.489 e. The van der Waals surface area contributed by atoms with Crippen molar-refractivity contribution in [2.24, 2.45) is 5.92 Å². The summed E-state index contributed by atoms with van der Waals surface area (Å²) in [6, 6.07) is 20.0. The van der Waals surface area contributed by atoms with Crippen LogP contribution in [0.5, 0.6) is 5.75 Å². The summed E-state index contributed by atoms with van der Waals surface area (Å²) >= 11 is 0. The highest BCUT2D eigenvalue weighted by Gasteiger charge is 2.18. The maximum atomic E-state index is 14.5. The Morgan fingerprint density at radius 1 is 0.743 bits per heavy atom. The molecule has 0 bridgehead atoms. The lowest BCUT2D eigenvalue weighted by Crippen LogP contribution is -2.20. The molecule has 4 heteroatoms. The first-order chi connectivity index (χ1) is 17.1. The minimum Gasteiger partial charge on any atom is -0.489 e. The van der Waals surface area contributed by atoms with E-state index in [0.29, 0.717) is 18.4 Å². The SMILES string of the molecule is Cc1ccc(-c2ccc(-c3ccc(OCCCCCCOC4CCC(C)CC4)c(F)n3)cc2)cc1. The van der Waals surface area contributed by atoms with Crippen LogP contribution in [0.4, 0.5) is 4.39 Å². The van der Waals surface area contributed by atoms with Gasteiger partial charge in [0, 0.05) is 12.2 Å². The predicted octanol–water partition coefficient (Wildman–Crippen LogP) is 8.40. The highest BCUT2D eigenvalue weighted by Crippen LogP contribution is 2.27. The van der Waals surface area contributed by atoms with E-state index in [1.54, 1.807) is 6.07 Å². The van der Waals surface area contributed by atoms with Gasteiger partial charge >= 0.3 is 0 Å². The van der Waals surface area contributed by atoms with E-state index in [0.717, 1.165) is 54.9 Å². The lowest BCUT2D eigenvalue weighted by Gasteiger charge is -2.26. The molecule has 35 heavy (non-hydrogen) atoms. The summed E-state index contributed by atoms with van der Waals surface area (Å²) in [5.41, 5.74) is 5.02. The monoisotopic (exact) mass is 475 g/mol. The summed E-state index contributed by atoms with van der Waals surface area (Å²) in [6.07, 6.45) is 9.67. The lowest BCUT2D eigenvalue weighted by molar-refractivity contribution is 0.0178. The maximum Gasteiger partial charge on any atom is 0.255 e. The van der Waals surface area contributed by atoms with Gasteiger partial charge in [0.25, 0.3) is 5.95 Å². The van der Waals surface area contributed by atoms with E-state index < -0.39 is 5.95 Å². The predicted molar refractivity (Wildman–Crippen MR) is 141 cm³/mol. The molecule has 1 saturated carbocycles. The molecule has 0 saturated heterocycles. The van der Waals surface area contributed by atoms with E-state index in [-0.39, 0.29) is 5.75 Å². The molecule has 4 rings (SSSR count). The van der Waals surface area contributed by atoms with Crippen molar-refractivity contribution in [3.8, 4) is 28.1 Å². The minimum absolute atomic E-state index is 0.222. The molecule has 1 aliphatic rings. The first-order valence-electron chi connectivity index (χ1n) is 13.2. The van der Waals surface area contributed by atoms with Gasteiger partial charge in [0.15, 0.2) is 5.75 Å². The molecule has 0 N–H and O–H groups in total. The Balaban J connectivity index is 1.16. The number of unbranched alkanes of at least 4 members (excludes halogenated alkanes) is 3. The van der Waals surface area contributed by atoms with Crippen molar-refractivity contribution in [1.29, 1.82) is 0 Å². The number of hydrogen-bond acceptors (Lipinski definition) is 3. The Bertz CT molecular complexity index is 1040. The van der Waals surface area contributed by atoms with Crippen molar-refractivity contribution in [3.05, 3.63) is 72.2 Å². The van der Waals surface area contributed by atoms with E-state index in [9.17, 15) is 4.39 Å². The third-order valence-corrected chi connectivity index (χ3v) is 6.99. The van der Waals surface area contributed by atoms with Crippen LogP contribution in [0.1, 0.15) is 63.9 Å². The third-order valence-electron chi connectivity index (χ3n) is 6.99. The van der Waals surface area contributed by atoms with Crippen molar-refractivity contribution in [2.45, 2.75) is 71.3 Å². The van der Waals surface area contributed by atoms with Crippen molar-refractivity contribution in [2.75, 3.05) is 13.2 Å². The first-order valence-corrected chi connectivity index (χ1v) is 13.2. The third kappa shape index (κ3) is 7.63. The Kier molecular flexibility index (Phi) is 9.30. The Labute approximate surface area is 209 Å². The molecular weight excluding hydrogens is 437 g/mol. The van der Waals surface area contributed by atoms with Crippen LogP contribution >= 0.6 is 0 Å². The molecule has 1 aliphatic carbocycles. The summed E-state index contributed by atoms with van der Waals surface area (Å²) in [4.78, 5) is 4.14. The topological polar surface area (TPSA) is 31.4 Å². The highest BCUT2D eigenvalue weighted by atomic mass is 19.1. The van der Waals surface area contributed by atoms with Crippen LogP contribution in [0.15, 0.2) is 60.7 Å². The van der Waals surface area contributed by atoms with Gasteiger partial charge < -0.3 is 9.47 Å². The average molecular weight is 476 g/mol. The molecule has 0 atom stereocenters. The second kappa shape index (κ2) is 12.8. The molecule has 2 aromatic carbocycles. The number of benzene rings is 2. The van der Waals surface area contributed by atoms with Gasteiger partial charge in [-0.2, -0.15) is 4.39 Å². The summed E-state index contributed by atoms with van der Waals surface area (Å²) in [6.45, 7) is 5.77. The van der Waals surface area contributed by atoms with Crippen LogP contribution in [-0.4, -0.2) is 24.3 Å². The van der Waals surface area contributed by atoms with Gasteiger partial charge in [-0.15, -0.1) is 0 Å². The van der Waals surface area contributed by atoms with Crippen LogP contribution < -0.4 is 4.74 Å². The minimum atomic E-state index is -0.555.